The van der Waals surface area contributed by atoms with Crippen LogP contribution in [0.1, 0.15) is 36.8 Å². The molecule has 3 aromatic rings. The zero-order chi connectivity index (χ0) is 22.4. The zero-order valence-corrected chi connectivity index (χ0v) is 19.3. The molecule has 0 spiro atoms. The molecular weight excluding hydrogens is 412 g/mol. The summed E-state index contributed by atoms with van der Waals surface area (Å²) in [4.78, 5) is 12.4. The molecule has 1 amide bonds. The van der Waals surface area contributed by atoms with Crippen LogP contribution < -0.4 is 14.8 Å². The van der Waals surface area contributed by atoms with Gasteiger partial charge in [-0.3, -0.25) is 4.79 Å². The number of hydrogen-bond acceptors (Lipinski definition) is 6. The summed E-state index contributed by atoms with van der Waals surface area (Å²) in [5.41, 5.74) is 2.92. The first kappa shape index (κ1) is 22.7. The quantitative estimate of drug-likeness (QED) is 0.482. The predicted octanol–water partition coefficient (Wildman–Crippen LogP) is 4.79. The molecule has 0 saturated heterocycles. The van der Waals surface area contributed by atoms with E-state index >= 15 is 0 Å². The van der Waals surface area contributed by atoms with Gasteiger partial charge in [-0.15, -0.1) is 10.2 Å². The molecule has 0 unspecified atom stereocenters. The summed E-state index contributed by atoms with van der Waals surface area (Å²) in [6.07, 6.45) is 0. The highest BCUT2D eigenvalue weighted by Crippen LogP contribution is 2.26. The van der Waals surface area contributed by atoms with E-state index < -0.39 is 0 Å². The molecule has 2 aromatic carbocycles. The van der Waals surface area contributed by atoms with Crippen LogP contribution >= 0.6 is 11.8 Å². The molecule has 0 aliphatic heterocycles. The molecule has 1 heterocycles. The first-order chi connectivity index (χ1) is 14.9. The van der Waals surface area contributed by atoms with Crippen molar-refractivity contribution >= 4 is 23.4 Å². The summed E-state index contributed by atoms with van der Waals surface area (Å²) in [5, 5.41) is 12.2. The fraction of sp³-hybridized carbons (Fsp3) is 0.348. The highest BCUT2D eigenvalue weighted by Gasteiger charge is 2.18. The lowest BCUT2D eigenvalue weighted by molar-refractivity contribution is -0.113. The van der Waals surface area contributed by atoms with Crippen molar-refractivity contribution in [1.29, 1.82) is 0 Å². The molecule has 0 bridgehead atoms. The molecule has 0 saturated carbocycles. The van der Waals surface area contributed by atoms with Crippen molar-refractivity contribution in [1.82, 2.24) is 14.8 Å². The van der Waals surface area contributed by atoms with Crippen LogP contribution in [0.25, 0.3) is 0 Å². The van der Waals surface area contributed by atoms with Crippen molar-refractivity contribution in [2.75, 3.05) is 18.2 Å². The Balaban J connectivity index is 1.65. The summed E-state index contributed by atoms with van der Waals surface area (Å²) < 4.78 is 13.3. The number of aryl methyl sites for hydroxylation is 2. The van der Waals surface area contributed by atoms with E-state index in [0.717, 1.165) is 17.1 Å². The monoisotopic (exact) mass is 440 g/mol. The van der Waals surface area contributed by atoms with E-state index in [9.17, 15) is 4.79 Å². The molecule has 8 heteroatoms. The molecule has 3 rings (SSSR count). The Kier molecular flexibility index (Phi) is 7.57. The maximum atomic E-state index is 12.4. The number of methoxy groups -OCH3 is 1. The standard InChI is InChI=1S/C23H28N4O3S/c1-15(2)27-21(13-30-19-11-10-16(3)12-17(19)4)25-26-23(27)31-14-22(28)24-18-8-6-7-9-20(18)29-5/h6-12,15H,13-14H2,1-5H3,(H,24,28). The van der Waals surface area contributed by atoms with Crippen molar-refractivity contribution < 1.29 is 14.3 Å². The van der Waals surface area contributed by atoms with Crippen molar-refractivity contribution in [3.63, 3.8) is 0 Å². The minimum absolute atomic E-state index is 0.132. The third kappa shape index (κ3) is 5.79. The second-order valence-electron chi connectivity index (χ2n) is 7.46. The van der Waals surface area contributed by atoms with Crippen LogP contribution in [0.15, 0.2) is 47.6 Å². The number of amides is 1. The third-order valence-electron chi connectivity index (χ3n) is 4.65. The van der Waals surface area contributed by atoms with Gasteiger partial charge in [-0.2, -0.15) is 0 Å². The average molecular weight is 441 g/mol. The van der Waals surface area contributed by atoms with Crippen LogP contribution in [0.4, 0.5) is 5.69 Å². The number of rotatable bonds is 9. The van der Waals surface area contributed by atoms with E-state index in [1.54, 1.807) is 19.2 Å². The van der Waals surface area contributed by atoms with Crippen molar-refractivity contribution in [2.45, 2.75) is 45.5 Å². The number of anilines is 1. The molecule has 0 atom stereocenters. The average Bonchev–Trinajstić information content (AvgIpc) is 3.15. The largest absolute Gasteiger partial charge is 0.495 e. The number of ether oxygens (including phenoxy) is 2. The SMILES string of the molecule is COc1ccccc1NC(=O)CSc1nnc(COc2ccc(C)cc2C)n1C(C)C. The van der Waals surface area contributed by atoms with Crippen LogP contribution in [0.5, 0.6) is 11.5 Å². The van der Waals surface area contributed by atoms with Crippen LogP contribution in [0, 0.1) is 13.8 Å². The van der Waals surface area contributed by atoms with E-state index in [1.807, 2.05) is 35.8 Å². The molecule has 1 aromatic heterocycles. The van der Waals surface area contributed by atoms with Gasteiger partial charge in [-0.25, -0.2) is 0 Å². The molecule has 1 N–H and O–H groups in total. The Hall–Kier alpha value is -3.00. The third-order valence-corrected chi connectivity index (χ3v) is 5.60. The molecule has 164 valence electrons. The molecule has 0 aliphatic carbocycles. The Labute approximate surface area is 187 Å². The molecule has 0 aliphatic rings. The Morgan fingerprint density at radius 2 is 1.90 bits per heavy atom. The first-order valence-corrected chi connectivity index (χ1v) is 11.1. The summed E-state index contributed by atoms with van der Waals surface area (Å²) in [6.45, 7) is 8.51. The number of hydrogen-bond donors (Lipinski definition) is 1. The molecule has 7 nitrogen and oxygen atoms in total. The van der Waals surface area contributed by atoms with Gasteiger partial charge in [0.05, 0.1) is 18.6 Å². The maximum Gasteiger partial charge on any atom is 0.234 e. The highest BCUT2D eigenvalue weighted by molar-refractivity contribution is 7.99. The second-order valence-corrected chi connectivity index (χ2v) is 8.40. The molecule has 31 heavy (non-hydrogen) atoms. The first-order valence-electron chi connectivity index (χ1n) is 10.1. The van der Waals surface area contributed by atoms with Crippen LogP contribution in [-0.4, -0.2) is 33.5 Å². The van der Waals surface area contributed by atoms with E-state index in [-0.39, 0.29) is 17.7 Å². The second kappa shape index (κ2) is 10.3. The van der Waals surface area contributed by atoms with E-state index in [4.69, 9.17) is 9.47 Å². The number of para-hydroxylation sites is 2. The summed E-state index contributed by atoms with van der Waals surface area (Å²) in [7, 11) is 1.58. The van der Waals surface area contributed by atoms with Crippen LogP contribution in [-0.2, 0) is 11.4 Å². The minimum Gasteiger partial charge on any atom is -0.495 e. The molecular formula is C23H28N4O3S. The van der Waals surface area contributed by atoms with Crippen LogP contribution in [0.3, 0.4) is 0 Å². The number of carbonyl (C=O) groups excluding carboxylic acids is 1. The predicted molar refractivity (Wildman–Crippen MR) is 123 cm³/mol. The topological polar surface area (TPSA) is 78.3 Å². The number of benzene rings is 2. The summed E-state index contributed by atoms with van der Waals surface area (Å²) in [5.74, 6) is 2.25. The highest BCUT2D eigenvalue weighted by atomic mass is 32.2. The number of carbonyl (C=O) groups is 1. The number of nitrogens with zero attached hydrogens (tertiary/aromatic N) is 3. The van der Waals surface area contributed by atoms with Gasteiger partial charge in [0.15, 0.2) is 11.0 Å². The van der Waals surface area contributed by atoms with E-state index in [2.05, 4.69) is 42.4 Å². The lowest BCUT2D eigenvalue weighted by atomic mass is 10.1. The zero-order valence-electron chi connectivity index (χ0n) is 18.5. The fourth-order valence-corrected chi connectivity index (χ4v) is 4.08. The summed E-state index contributed by atoms with van der Waals surface area (Å²) >= 11 is 1.34. The number of thioether (sulfide) groups is 1. The summed E-state index contributed by atoms with van der Waals surface area (Å²) in [6, 6.07) is 13.5. The van der Waals surface area contributed by atoms with E-state index in [0.29, 0.717) is 23.2 Å². The Bertz CT molecular complexity index is 1050. The van der Waals surface area contributed by atoms with Gasteiger partial charge in [-0.1, -0.05) is 41.6 Å². The van der Waals surface area contributed by atoms with Gasteiger partial charge < -0.3 is 19.4 Å². The van der Waals surface area contributed by atoms with Gasteiger partial charge >= 0.3 is 0 Å². The van der Waals surface area contributed by atoms with Crippen molar-refractivity contribution in [2.24, 2.45) is 0 Å². The Morgan fingerprint density at radius 3 is 2.61 bits per heavy atom. The lowest BCUT2D eigenvalue weighted by Crippen LogP contribution is -2.16. The molecule has 0 fully saturated rings. The van der Waals surface area contributed by atoms with Crippen LogP contribution in [0.2, 0.25) is 0 Å². The fourth-order valence-electron chi connectivity index (χ4n) is 3.19. The van der Waals surface area contributed by atoms with Gasteiger partial charge in [0.2, 0.25) is 5.91 Å². The van der Waals surface area contributed by atoms with Gasteiger partial charge in [0, 0.05) is 6.04 Å². The lowest BCUT2D eigenvalue weighted by Gasteiger charge is -2.15. The van der Waals surface area contributed by atoms with Crippen molar-refractivity contribution in [3.8, 4) is 11.5 Å². The Morgan fingerprint density at radius 1 is 1.13 bits per heavy atom. The van der Waals surface area contributed by atoms with Gasteiger partial charge in [-0.05, 0) is 51.5 Å². The van der Waals surface area contributed by atoms with E-state index in [1.165, 1.54) is 17.3 Å². The number of aromatic nitrogens is 3. The van der Waals surface area contributed by atoms with Gasteiger partial charge in [0.25, 0.3) is 0 Å². The normalized spacial score (nSPS) is 10.9. The minimum atomic E-state index is -0.138. The molecule has 0 radical (unpaired) electrons. The van der Waals surface area contributed by atoms with Gasteiger partial charge in [0.1, 0.15) is 18.1 Å². The smallest absolute Gasteiger partial charge is 0.234 e. The number of nitrogens with one attached hydrogen (secondary N) is 1. The maximum absolute atomic E-state index is 12.4. The van der Waals surface area contributed by atoms with Crippen molar-refractivity contribution in [3.05, 3.63) is 59.4 Å².